The SMILES string of the molecule is CO[C@@H](C(=O)N1CCC[C@H]1C(=O)NCc1ccc2c(N)nccc2c1)c1ccccc1. The van der Waals surface area contributed by atoms with Gasteiger partial charge < -0.3 is 20.7 Å². The molecule has 2 amide bonds. The summed E-state index contributed by atoms with van der Waals surface area (Å²) in [5.41, 5.74) is 7.65. The van der Waals surface area contributed by atoms with E-state index in [1.807, 2.05) is 54.6 Å². The maximum Gasteiger partial charge on any atom is 0.257 e. The molecule has 1 fully saturated rings. The Labute approximate surface area is 181 Å². The standard InChI is InChI=1S/C24H26N4O3/c1-31-21(17-6-3-2-4-7-17)24(30)28-13-5-8-20(28)23(29)27-15-16-9-10-19-18(14-16)11-12-26-22(19)25/h2-4,6-7,9-12,14,20-21H,5,8,13,15H2,1H3,(H2,25,26)(H,27,29)/t20-,21+/m0/s1. The molecular formula is C24H26N4O3. The first-order valence-electron chi connectivity index (χ1n) is 10.4. The van der Waals surface area contributed by atoms with Gasteiger partial charge >= 0.3 is 0 Å². The van der Waals surface area contributed by atoms with E-state index >= 15 is 0 Å². The van der Waals surface area contributed by atoms with Gasteiger partial charge in [-0.15, -0.1) is 0 Å². The summed E-state index contributed by atoms with van der Waals surface area (Å²) < 4.78 is 5.48. The first-order valence-corrected chi connectivity index (χ1v) is 10.4. The number of ether oxygens (including phenoxy) is 1. The molecule has 31 heavy (non-hydrogen) atoms. The number of anilines is 1. The fourth-order valence-electron chi connectivity index (χ4n) is 4.13. The van der Waals surface area contributed by atoms with Gasteiger partial charge in [-0.1, -0.05) is 42.5 Å². The van der Waals surface area contributed by atoms with Gasteiger partial charge in [0.05, 0.1) is 0 Å². The third kappa shape index (κ3) is 4.36. The summed E-state index contributed by atoms with van der Waals surface area (Å²) >= 11 is 0. The Balaban J connectivity index is 1.43. The fraction of sp³-hybridized carbons (Fsp3) is 0.292. The van der Waals surface area contributed by atoms with Crippen LogP contribution in [0.3, 0.4) is 0 Å². The number of aromatic nitrogens is 1. The van der Waals surface area contributed by atoms with Crippen LogP contribution in [-0.2, 0) is 20.9 Å². The minimum absolute atomic E-state index is 0.150. The van der Waals surface area contributed by atoms with Crippen molar-refractivity contribution in [2.75, 3.05) is 19.4 Å². The summed E-state index contributed by atoms with van der Waals surface area (Å²) in [7, 11) is 1.52. The number of nitrogens with one attached hydrogen (secondary N) is 1. The molecule has 3 N–H and O–H groups in total. The molecule has 7 heteroatoms. The van der Waals surface area contributed by atoms with E-state index < -0.39 is 12.1 Å². The highest BCUT2D eigenvalue weighted by molar-refractivity contribution is 5.92. The van der Waals surface area contributed by atoms with Crippen molar-refractivity contribution in [3.63, 3.8) is 0 Å². The van der Waals surface area contributed by atoms with Gasteiger partial charge in [0.15, 0.2) is 6.10 Å². The largest absolute Gasteiger partial charge is 0.383 e. The molecule has 0 unspecified atom stereocenters. The van der Waals surface area contributed by atoms with E-state index in [1.54, 1.807) is 11.1 Å². The molecule has 7 nitrogen and oxygen atoms in total. The highest BCUT2D eigenvalue weighted by Crippen LogP contribution is 2.26. The quantitative estimate of drug-likeness (QED) is 0.642. The van der Waals surface area contributed by atoms with Crippen LogP contribution in [0.5, 0.6) is 0 Å². The molecule has 1 saturated heterocycles. The Morgan fingerprint density at radius 1 is 1.23 bits per heavy atom. The number of benzene rings is 2. The number of likely N-dealkylation sites (tertiary alicyclic amines) is 1. The van der Waals surface area contributed by atoms with Crippen LogP contribution in [0, 0.1) is 0 Å². The molecule has 0 bridgehead atoms. The maximum absolute atomic E-state index is 13.1. The Kier molecular flexibility index (Phi) is 6.13. The lowest BCUT2D eigenvalue weighted by Crippen LogP contribution is -2.47. The summed E-state index contributed by atoms with van der Waals surface area (Å²) in [6, 6.07) is 16.6. The number of hydrogen-bond donors (Lipinski definition) is 2. The average Bonchev–Trinajstić information content (AvgIpc) is 3.29. The second-order valence-corrected chi connectivity index (χ2v) is 7.69. The van der Waals surface area contributed by atoms with E-state index in [9.17, 15) is 9.59 Å². The minimum Gasteiger partial charge on any atom is -0.383 e. The van der Waals surface area contributed by atoms with Crippen molar-refractivity contribution in [2.45, 2.75) is 31.5 Å². The smallest absolute Gasteiger partial charge is 0.257 e. The van der Waals surface area contributed by atoms with Crippen molar-refractivity contribution in [3.05, 3.63) is 71.9 Å². The molecule has 1 aliphatic rings. The number of nitrogens with zero attached hydrogens (tertiary/aromatic N) is 2. The number of carbonyl (C=O) groups excluding carboxylic acids is 2. The van der Waals surface area contributed by atoms with Crippen LogP contribution in [0.25, 0.3) is 10.8 Å². The lowest BCUT2D eigenvalue weighted by atomic mass is 10.1. The summed E-state index contributed by atoms with van der Waals surface area (Å²) in [5, 5.41) is 4.84. The van der Waals surface area contributed by atoms with Crippen LogP contribution in [0.15, 0.2) is 60.8 Å². The van der Waals surface area contributed by atoms with Crippen molar-refractivity contribution >= 4 is 28.4 Å². The normalized spacial score (nSPS) is 16.9. The second kappa shape index (κ2) is 9.14. The summed E-state index contributed by atoms with van der Waals surface area (Å²) in [6.07, 6.45) is 2.38. The van der Waals surface area contributed by atoms with Gasteiger partial charge in [-0.25, -0.2) is 4.98 Å². The highest BCUT2D eigenvalue weighted by Gasteiger charge is 2.37. The molecule has 1 aromatic heterocycles. The fourth-order valence-corrected chi connectivity index (χ4v) is 4.13. The van der Waals surface area contributed by atoms with Crippen molar-refractivity contribution in [1.29, 1.82) is 0 Å². The molecule has 2 aromatic carbocycles. The van der Waals surface area contributed by atoms with Crippen molar-refractivity contribution in [3.8, 4) is 0 Å². The van der Waals surface area contributed by atoms with Gasteiger partial charge in [-0.2, -0.15) is 0 Å². The molecule has 160 valence electrons. The number of fused-ring (bicyclic) bond motifs is 1. The van der Waals surface area contributed by atoms with Crippen LogP contribution in [0.4, 0.5) is 5.82 Å². The average molecular weight is 418 g/mol. The molecule has 4 rings (SSSR count). The predicted octanol–water partition coefficient (Wildman–Crippen LogP) is 2.81. The number of nitrogens with two attached hydrogens (primary N) is 1. The van der Waals surface area contributed by atoms with E-state index in [1.165, 1.54) is 7.11 Å². The Hall–Kier alpha value is -3.45. The van der Waals surface area contributed by atoms with E-state index in [-0.39, 0.29) is 11.8 Å². The number of nitrogen functional groups attached to an aromatic ring is 1. The molecule has 2 atom stereocenters. The number of methoxy groups -OCH3 is 1. The Bertz CT molecular complexity index is 1090. The molecule has 0 aliphatic carbocycles. The third-order valence-corrected chi connectivity index (χ3v) is 5.73. The summed E-state index contributed by atoms with van der Waals surface area (Å²) in [4.78, 5) is 31.8. The first kappa shape index (κ1) is 20.8. The molecular weight excluding hydrogens is 392 g/mol. The number of pyridine rings is 1. The van der Waals surface area contributed by atoms with Crippen LogP contribution >= 0.6 is 0 Å². The Morgan fingerprint density at radius 3 is 2.81 bits per heavy atom. The van der Waals surface area contributed by atoms with Gasteiger partial charge in [-0.05, 0) is 41.5 Å². The zero-order valence-electron chi connectivity index (χ0n) is 17.5. The highest BCUT2D eigenvalue weighted by atomic mass is 16.5. The molecule has 0 spiro atoms. The van der Waals surface area contributed by atoms with Crippen LogP contribution < -0.4 is 11.1 Å². The Morgan fingerprint density at radius 2 is 2.03 bits per heavy atom. The zero-order valence-corrected chi connectivity index (χ0v) is 17.5. The lowest BCUT2D eigenvalue weighted by Gasteiger charge is -2.27. The minimum atomic E-state index is -0.714. The summed E-state index contributed by atoms with van der Waals surface area (Å²) in [6.45, 7) is 0.924. The molecule has 3 aromatic rings. The van der Waals surface area contributed by atoms with Crippen LogP contribution in [-0.4, -0.2) is 41.4 Å². The second-order valence-electron chi connectivity index (χ2n) is 7.69. The first-order chi connectivity index (χ1) is 15.1. The monoisotopic (exact) mass is 418 g/mol. The van der Waals surface area contributed by atoms with E-state index in [0.717, 1.165) is 28.3 Å². The van der Waals surface area contributed by atoms with Gasteiger partial charge in [0.2, 0.25) is 5.91 Å². The number of hydrogen-bond acceptors (Lipinski definition) is 5. The number of amides is 2. The maximum atomic E-state index is 13.1. The predicted molar refractivity (Wildman–Crippen MR) is 119 cm³/mol. The molecule has 2 heterocycles. The van der Waals surface area contributed by atoms with Crippen molar-refractivity contribution in [1.82, 2.24) is 15.2 Å². The van der Waals surface area contributed by atoms with Crippen LogP contribution in [0.1, 0.15) is 30.1 Å². The van der Waals surface area contributed by atoms with E-state index in [0.29, 0.717) is 25.3 Å². The molecule has 0 saturated carbocycles. The lowest BCUT2D eigenvalue weighted by molar-refractivity contribution is -0.147. The van der Waals surface area contributed by atoms with Gasteiger partial charge in [0, 0.05) is 31.8 Å². The zero-order chi connectivity index (χ0) is 21.8. The van der Waals surface area contributed by atoms with Gasteiger partial charge in [-0.3, -0.25) is 9.59 Å². The molecule has 0 radical (unpaired) electrons. The topological polar surface area (TPSA) is 97.5 Å². The number of carbonyl (C=O) groups is 2. The number of rotatable bonds is 6. The molecule has 1 aliphatic heterocycles. The van der Waals surface area contributed by atoms with Crippen molar-refractivity contribution in [2.24, 2.45) is 0 Å². The summed E-state index contributed by atoms with van der Waals surface area (Å²) in [5.74, 6) is 0.155. The van der Waals surface area contributed by atoms with Gasteiger partial charge in [0.25, 0.3) is 5.91 Å². The third-order valence-electron chi connectivity index (χ3n) is 5.73. The van der Waals surface area contributed by atoms with E-state index in [4.69, 9.17) is 10.5 Å². The van der Waals surface area contributed by atoms with Gasteiger partial charge in [0.1, 0.15) is 11.9 Å². The van der Waals surface area contributed by atoms with E-state index in [2.05, 4.69) is 10.3 Å². The van der Waals surface area contributed by atoms with Crippen molar-refractivity contribution < 1.29 is 14.3 Å². The van der Waals surface area contributed by atoms with Crippen LogP contribution in [0.2, 0.25) is 0 Å².